The van der Waals surface area contributed by atoms with Gasteiger partial charge in [-0.05, 0) is 18.6 Å². The molecule has 0 unspecified atom stereocenters. The van der Waals surface area contributed by atoms with E-state index in [0.717, 1.165) is 6.07 Å². The van der Waals surface area contributed by atoms with Gasteiger partial charge in [0.2, 0.25) is 0 Å². The summed E-state index contributed by atoms with van der Waals surface area (Å²) in [6.07, 6.45) is 0. The molecule has 0 heterocycles. The molecule has 0 saturated carbocycles. The summed E-state index contributed by atoms with van der Waals surface area (Å²) < 4.78 is 0. The highest BCUT2D eigenvalue weighted by Gasteiger charge is 2.31. The zero-order valence-electron chi connectivity index (χ0n) is 9.50. The Labute approximate surface area is 105 Å². The predicted octanol–water partition coefficient (Wildman–Crippen LogP) is 0.788. The van der Waals surface area contributed by atoms with Crippen molar-refractivity contribution in [3.63, 3.8) is 0 Å². The van der Waals surface area contributed by atoms with Gasteiger partial charge in [0.15, 0.2) is 0 Å². The molecule has 19 heavy (non-hydrogen) atoms. The van der Waals surface area contributed by atoms with Gasteiger partial charge in [-0.2, -0.15) is 0 Å². The highest BCUT2D eigenvalue weighted by Crippen LogP contribution is 2.24. The van der Waals surface area contributed by atoms with E-state index in [1.165, 1.54) is 6.92 Å². The first-order valence-corrected chi connectivity index (χ1v) is 4.79. The quantitative estimate of drug-likeness (QED) is 0.625. The zero-order chi connectivity index (χ0) is 14.9. The van der Waals surface area contributed by atoms with Crippen molar-refractivity contribution in [1.82, 2.24) is 0 Å². The summed E-state index contributed by atoms with van der Waals surface area (Å²) in [6.45, 7) is 1.19. The lowest BCUT2D eigenvalue weighted by atomic mass is 9.92. The molecule has 0 aromatic heterocycles. The molecule has 0 fully saturated rings. The Morgan fingerprint density at radius 2 is 1.16 bits per heavy atom. The van der Waals surface area contributed by atoms with Crippen molar-refractivity contribution in [2.45, 2.75) is 6.92 Å². The third-order valence-corrected chi connectivity index (χ3v) is 2.40. The van der Waals surface area contributed by atoms with Crippen LogP contribution in [0.2, 0.25) is 0 Å². The summed E-state index contributed by atoms with van der Waals surface area (Å²) in [5.74, 6) is -6.94. The van der Waals surface area contributed by atoms with Gasteiger partial charge in [0.1, 0.15) is 0 Å². The van der Waals surface area contributed by atoms with Crippen LogP contribution >= 0.6 is 0 Å². The lowest BCUT2D eigenvalue weighted by molar-refractivity contribution is 0.0619. The van der Waals surface area contributed by atoms with Crippen LogP contribution in [-0.4, -0.2) is 44.3 Å². The number of rotatable bonds is 4. The van der Waals surface area contributed by atoms with Crippen molar-refractivity contribution < 1.29 is 39.6 Å². The van der Waals surface area contributed by atoms with Gasteiger partial charge in [0.05, 0.1) is 22.3 Å². The van der Waals surface area contributed by atoms with E-state index in [1.54, 1.807) is 0 Å². The highest BCUT2D eigenvalue weighted by atomic mass is 16.4. The lowest BCUT2D eigenvalue weighted by Crippen LogP contribution is -2.20. The summed E-state index contributed by atoms with van der Waals surface area (Å²) in [7, 11) is 0. The van der Waals surface area contributed by atoms with Gasteiger partial charge in [-0.15, -0.1) is 0 Å². The van der Waals surface area contributed by atoms with E-state index in [-0.39, 0.29) is 5.56 Å². The average Bonchev–Trinajstić information content (AvgIpc) is 2.25. The SMILES string of the molecule is Cc1cc(C(=O)O)c(C(=O)O)c(C(=O)O)c1C(=O)O. The minimum Gasteiger partial charge on any atom is -0.478 e. The number of aromatic carboxylic acids is 4. The van der Waals surface area contributed by atoms with Gasteiger partial charge in [0, 0.05) is 0 Å². The first-order chi connectivity index (χ1) is 8.68. The Morgan fingerprint density at radius 1 is 0.737 bits per heavy atom. The fourth-order valence-electron chi connectivity index (χ4n) is 1.70. The Hall–Kier alpha value is -2.90. The molecule has 8 heteroatoms. The molecule has 1 aromatic rings. The molecule has 100 valence electrons. The molecular formula is C11H8O8. The topological polar surface area (TPSA) is 149 Å². The van der Waals surface area contributed by atoms with E-state index < -0.39 is 46.1 Å². The van der Waals surface area contributed by atoms with Gasteiger partial charge in [-0.1, -0.05) is 0 Å². The summed E-state index contributed by atoms with van der Waals surface area (Å²) in [5.41, 5.74) is -3.75. The zero-order valence-corrected chi connectivity index (χ0v) is 9.50. The van der Waals surface area contributed by atoms with Crippen molar-refractivity contribution in [2.24, 2.45) is 0 Å². The average molecular weight is 268 g/mol. The van der Waals surface area contributed by atoms with Gasteiger partial charge in [0.25, 0.3) is 0 Å². The van der Waals surface area contributed by atoms with Crippen LogP contribution in [0.1, 0.15) is 47.0 Å². The van der Waals surface area contributed by atoms with Crippen LogP contribution in [0.4, 0.5) is 0 Å². The first-order valence-electron chi connectivity index (χ1n) is 4.79. The van der Waals surface area contributed by atoms with E-state index in [0.29, 0.717) is 0 Å². The molecule has 0 bridgehead atoms. The number of hydrogen-bond donors (Lipinski definition) is 4. The molecule has 4 N–H and O–H groups in total. The van der Waals surface area contributed by atoms with Crippen molar-refractivity contribution in [3.05, 3.63) is 33.9 Å². The molecule has 0 spiro atoms. The van der Waals surface area contributed by atoms with Crippen LogP contribution in [0.3, 0.4) is 0 Å². The molecule has 0 atom stereocenters. The number of carboxylic acid groups (broad SMARTS) is 4. The molecular weight excluding hydrogens is 260 g/mol. The Kier molecular flexibility index (Phi) is 3.55. The van der Waals surface area contributed by atoms with Crippen LogP contribution in [-0.2, 0) is 0 Å². The summed E-state index contributed by atoms with van der Waals surface area (Å²) in [5, 5.41) is 35.7. The lowest BCUT2D eigenvalue weighted by Gasteiger charge is -2.11. The smallest absolute Gasteiger partial charge is 0.337 e. The molecule has 0 aliphatic carbocycles. The maximum atomic E-state index is 11.1. The Bertz CT molecular complexity index is 614. The van der Waals surface area contributed by atoms with Crippen molar-refractivity contribution in [3.8, 4) is 0 Å². The Balaban J connectivity index is 3.98. The van der Waals surface area contributed by atoms with Gasteiger partial charge < -0.3 is 20.4 Å². The van der Waals surface area contributed by atoms with E-state index in [9.17, 15) is 19.2 Å². The molecule has 0 aliphatic rings. The van der Waals surface area contributed by atoms with E-state index >= 15 is 0 Å². The molecule has 1 rings (SSSR count). The van der Waals surface area contributed by atoms with E-state index in [4.69, 9.17) is 20.4 Å². The molecule has 0 amide bonds. The molecule has 0 radical (unpaired) electrons. The second-order valence-electron chi connectivity index (χ2n) is 3.59. The van der Waals surface area contributed by atoms with Gasteiger partial charge >= 0.3 is 23.9 Å². The summed E-state index contributed by atoms with van der Waals surface area (Å²) in [4.78, 5) is 44.0. The van der Waals surface area contributed by atoms with Crippen molar-refractivity contribution >= 4 is 23.9 Å². The number of aryl methyl sites for hydroxylation is 1. The van der Waals surface area contributed by atoms with Crippen molar-refractivity contribution in [1.29, 1.82) is 0 Å². The number of carbonyl (C=O) groups is 4. The maximum Gasteiger partial charge on any atom is 0.337 e. The third kappa shape index (κ3) is 2.37. The minimum absolute atomic E-state index is 0.146. The monoisotopic (exact) mass is 268 g/mol. The molecule has 8 nitrogen and oxygen atoms in total. The number of hydrogen-bond acceptors (Lipinski definition) is 4. The summed E-state index contributed by atoms with van der Waals surface area (Å²) in [6, 6.07) is 0.821. The Morgan fingerprint density at radius 3 is 1.47 bits per heavy atom. The highest BCUT2D eigenvalue weighted by molar-refractivity contribution is 6.14. The van der Waals surface area contributed by atoms with E-state index in [2.05, 4.69) is 0 Å². The van der Waals surface area contributed by atoms with Crippen LogP contribution in [0, 0.1) is 6.92 Å². The van der Waals surface area contributed by atoms with E-state index in [1.807, 2.05) is 0 Å². The predicted molar refractivity (Wildman–Crippen MR) is 59.0 cm³/mol. The van der Waals surface area contributed by atoms with Crippen LogP contribution < -0.4 is 0 Å². The second-order valence-corrected chi connectivity index (χ2v) is 3.59. The van der Waals surface area contributed by atoms with Crippen LogP contribution in [0.5, 0.6) is 0 Å². The molecule has 1 aromatic carbocycles. The number of benzene rings is 1. The molecule has 0 saturated heterocycles. The largest absolute Gasteiger partial charge is 0.478 e. The fourth-order valence-corrected chi connectivity index (χ4v) is 1.70. The van der Waals surface area contributed by atoms with Gasteiger partial charge in [-0.25, -0.2) is 19.2 Å². The van der Waals surface area contributed by atoms with Crippen molar-refractivity contribution in [2.75, 3.05) is 0 Å². The number of carboxylic acids is 4. The summed E-state index contributed by atoms with van der Waals surface area (Å²) >= 11 is 0. The normalized spacial score (nSPS) is 9.95. The maximum absolute atomic E-state index is 11.1. The van der Waals surface area contributed by atoms with Gasteiger partial charge in [-0.3, -0.25) is 0 Å². The standard InChI is InChI=1S/C11H8O8/c1-3-2-4(8(12)13)6(10(16)17)7(11(18)19)5(3)9(14)15/h2H,1H3,(H,12,13)(H,14,15)(H,16,17)(H,18,19). The third-order valence-electron chi connectivity index (χ3n) is 2.40. The first kappa shape index (κ1) is 14.2. The fraction of sp³-hybridized carbons (Fsp3) is 0.0909. The second kappa shape index (κ2) is 4.77. The van der Waals surface area contributed by atoms with Crippen LogP contribution in [0.15, 0.2) is 6.07 Å². The molecule has 0 aliphatic heterocycles. The minimum atomic E-state index is -1.82. The van der Waals surface area contributed by atoms with Crippen LogP contribution in [0.25, 0.3) is 0 Å².